The number of carbonyl (C=O) groups is 2. The van der Waals surface area contributed by atoms with Crippen molar-refractivity contribution in [3.05, 3.63) is 29.8 Å². The number of nitrogens with zero attached hydrogens (tertiary/aromatic N) is 1. The van der Waals surface area contributed by atoms with Gasteiger partial charge in [-0.1, -0.05) is 30.3 Å². The highest BCUT2D eigenvalue weighted by Crippen LogP contribution is 2.23. The molecule has 0 bridgehead atoms. The Labute approximate surface area is 159 Å². The second-order valence-corrected chi connectivity index (χ2v) is 8.57. The van der Waals surface area contributed by atoms with Crippen molar-refractivity contribution in [3.8, 4) is 0 Å². The van der Waals surface area contributed by atoms with Gasteiger partial charge < -0.3 is 10.1 Å². The molecule has 1 amide bonds. The summed E-state index contributed by atoms with van der Waals surface area (Å²) in [5.41, 5.74) is 0.0411. The van der Waals surface area contributed by atoms with Crippen molar-refractivity contribution in [2.24, 2.45) is 5.92 Å². The number of sulfonamides is 1. The van der Waals surface area contributed by atoms with Crippen molar-refractivity contribution in [2.45, 2.75) is 43.5 Å². The summed E-state index contributed by atoms with van der Waals surface area (Å²) in [5, 5.41) is 2.90. The summed E-state index contributed by atoms with van der Waals surface area (Å²) >= 11 is 0. The van der Waals surface area contributed by atoms with E-state index in [9.17, 15) is 18.0 Å². The molecular weight excluding hydrogens is 372 g/mol. The Morgan fingerprint density at radius 2 is 1.96 bits per heavy atom. The largest absolute Gasteiger partial charge is 0.452 e. The smallest absolute Gasteiger partial charge is 0.338 e. The van der Waals surface area contributed by atoms with E-state index in [-0.39, 0.29) is 22.4 Å². The van der Waals surface area contributed by atoms with E-state index >= 15 is 0 Å². The van der Waals surface area contributed by atoms with Crippen molar-refractivity contribution in [1.29, 1.82) is 0 Å². The van der Waals surface area contributed by atoms with Crippen LogP contribution >= 0.6 is 0 Å². The Hall–Kier alpha value is -1.97. The van der Waals surface area contributed by atoms with Crippen molar-refractivity contribution in [2.75, 3.05) is 20.8 Å². The molecule has 0 aromatic heterocycles. The number of ether oxygens (including phenoxy) is 1. The number of benzene rings is 1. The van der Waals surface area contributed by atoms with Crippen LogP contribution in [0, 0.1) is 5.92 Å². The first-order valence-electron chi connectivity index (χ1n) is 8.85. The number of hydrogen-bond acceptors (Lipinski definition) is 6. The van der Waals surface area contributed by atoms with Gasteiger partial charge in [-0.05, 0) is 37.0 Å². The zero-order valence-electron chi connectivity index (χ0n) is 15.8. The van der Waals surface area contributed by atoms with E-state index in [1.807, 2.05) is 0 Å². The van der Waals surface area contributed by atoms with E-state index in [1.54, 1.807) is 0 Å². The summed E-state index contributed by atoms with van der Waals surface area (Å²) in [4.78, 5) is 28.8. The number of hydrogen-bond donors (Lipinski definition) is 1. The van der Waals surface area contributed by atoms with Crippen LogP contribution in [0.15, 0.2) is 29.2 Å². The lowest BCUT2D eigenvalue weighted by molar-refractivity contribution is -0.125. The van der Waals surface area contributed by atoms with Crippen LogP contribution in [0.25, 0.3) is 0 Å². The average molecular weight is 398 g/mol. The van der Waals surface area contributed by atoms with E-state index in [2.05, 4.69) is 12.2 Å². The first kappa shape index (κ1) is 21.3. The summed E-state index contributed by atoms with van der Waals surface area (Å²) in [6.45, 7) is 1.69. The summed E-state index contributed by atoms with van der Waals surface area (Å²) in [5.74, 6) is -0.720. The highest BCUT2D eigenvalue weighted by Gasteiger charge is 2.24. The van der Waals surface area contributed by atoms with E-state index in [4.69, 9.17) is 9.57 Å². The van der Waals surface area contributed by atoms with Gasteiger partial charge >= 0.3 is 5.97 Å². The Bertz CT molecular complexity index is 780. The number of rotatable bonds is 7. The van der Waals surface area contributed by atoms with E-state index in [1.165, 1.54) is 44.8 Å². The lowest BCUT2D eigenvalue weighted by Crippen LogP contribution is -2.42. The molecular formula is C18H26N2O6S. The normalized spacial score (nSPS) is 20.3. The maximum atomic E-state index is 12.2. The highest BCUT2D eigenvalue weighted by molar-refractivity contribution is 7.89. The van der Waals surface area contributed by atoms with Crippen LogP contribution in [0.4, 0.5) is 0 Å². The molecule has 1 N–H and O–H groups in total. The molecule has 0 aliphatic heterocycles. The Morgan fingerprint density at radius 3 is 2.63 bits per heavy atom. The molecule has 0 saturated heterocycles. The minimum Gasteiger partial charge on any atom is -0.452 e. The number of carbonyl (C=O) groups excluding carboxylic acids is 2. The van der Waals surface area contributed by atoms with Gasteiger partial charge in [0.1, 0.15) is 0 Å². The third-order valence-electron chi connectivity index (χ3n) is 4.76. The molecule has 150 valence electrons. The monoisotopic (exact) mass is 398 g/mol. The third kappa shape index (κ3) is 5.50. The zero-order valence-corrected chi connectivity index (χ0v) is 16.6. The van der Waals surface area contributed by atoms with Crippen molar-refractivity contribution >= 4 is 21.9 Å². The lowest BCUT2D eigenvalue weighted by atomic mass is 9.86. The minimum absolute atomic E-state index is 0.0411. The number of amides is 1. The van der Waals surface area contributed by atoms with Crippen LogP contribution in [0.1, 0.15) is 43.0 Å². The van der Waals surface area contributed by atoms with Gasteiger partial charge in [0.25, 0.3) is 15.9 Å². The molecule has 1 aliphatic rings. The molecule has 0 radical (unpaired) electrons. The molecule has 1 aromatic carbocycles. The van der Waals surface area contributed by atoms with Crippen molar-refractivity contribution in [3.63, 3.8) is 0 Å². The average Bonchev–Trinajstić information content (AvgIpc) is 2.67. The molecule has 2 atom stereocenters. The molecule has 1 aliphatic carbocycles. The van der Waals surface area contributed by atoms with Gasteiger partial charge in [-0.2, -0.15) is 0 Å². The number of esters is 1. The molecule has 0 unspecified atom stereocenters. The fraction of sp³-hybridized carbons (Fsp3) is 0.556. The molecule has 1 aromatic rings. The Kier molecular flexibility index (Phi) is 7.34. The molecule has 9 heteroatoms. The van der Waals surface area contributed by atoms with Crippen LogP contribution in [-0.4, -0.2) is 51.6 Å². The molecule has 0 heterocycles. The Morgan fingerprint density at radius 1 is 1.26 bits per heavy atom. The van der Waals surface area contributed by atoms with Gasteiger partial charge in [-0.25, -0.2) is 13.2 Å². The number of nitrogens with one attached hydrogen (secondary N) is 1. The predicted octanol–water partition coefficient (Wildman–Crippen LogP) is 1.72. The summed E-state index contributed by atoms with van der Waals surface area (Å²) in [7, 11) is -1.41. The summed E-state index contributed by atoms with van der Waals surface area (Å²) in [6.07, 6.45) is 4.24. The van der Waals surface area contributed by atoms with Gasteiger partial charge in [0, 0.05) is 13.1 Å². The molecule has 27 heavy (non-hydrogen) atoms. The highest BCUT2D eigenvalue weighted by atomic mass is 32.2. The fourth-order valence-corrected chi connectivity index (χ4v) is 4.04. The second-order valence-electron chi connectivity index (χ2n) is 6.64. The van der Waals surface area contributed by atoms with Gasteiger partial charge in [0.05, 0.1) is 17.6 Å². The van der Waals surface area contributed by atoms with Gasteiger partial charge in [-0.15, -0.1) is 0 Å². The molecule has 0 spiro atoms. The van der Waals surface area contributed by atoms with Crippen molar-refractivity contribution in [1.82, 2.24) is 9.79 Å². The molecule has 8 nitrogen and oxygen atoms in total. The maximum absolute atomic E-state index is 12.2. The van der Waals surface area contributed by atoms with E-state index < -0.39 is 22.6 Å². The molecule has 1 saturated carbocycles. The van der Waals surface area contributed by atoms with Crippen LogP contribution in [0.3, 0.4) is 0 Å². The lowest BCUT2D eigenvalue weighted by Gasteiger charge is -2.29. The van der Waals surface area contributed by atoms with Gasteiger partial charge in [0.2, 0.25) is 0 Å². The van der Waals surface area contributed by atoms with Crippen molar-refractivity contribution < 1.29 is 27.6 Å². The van der Waals surface area contributed by atoms with Crippen LogP contribution in [0.2, 0.25) is 0 Å². The third-order valence-corrected chi connectivity index (χ3v) is 6.43. The van der Waals surface area contributed by atoms with Crippen LogP contribution in [0.5, 0.6) is 0 Å². The number of hydroxylamine groups is 1. The standard InChI is InChI=1S/C18H26N2O6S/c1-13-7-4-5-10-16(13)19-17(21)12-26-18(22)14-8-6-9-15(11-14)27(23,24)20(2)25-3/h6,8-9,11,13,16H,4-5,7,10,12H2,1-3H3,(H,19,21)/t13-,16-/m1/s1. The molecule has 2 rings (SSSR count). The van der Waals surface area contributed by atoms with Gasteiger partial charge in [0.15, 0.2) is 6.61 Å². The molecule has 1 fully saturated rings. The first-order chi connectivity index (χ1) is 12.8. The predicted molar refractivity (Wildman–Crippen MR) is 98.2 cm³/mol. The maximum Gasteiger partial charge on any atom is 0.338 e. The van der Waals surface area contributed by atoms with Gasteiger partial charge in [-0.3, -0.25) is 9.63 Å². The minimum atomic E-state index is -3.88. The Balaban J connectivity index is 1.96. The fourth-order valence-electron chi connectivity index (χ4n) is 3.02. The summed E-state index contributed by atoms with van der Waals surface area (Å²) < 4.78 is 30.2. The first-order valence-corrected chi connectivity index (χ1v) is 10.3. The van der Waals surface area contributed by atoms with Crippen LogP contribution in [-0.2, 0) is 24.4 Å². The topological polar surface area (TPSA) is 102 Å². The summed E-state index contributed by atoms with van der Waals surface area (Å²) in [6, 6.07) is 5.49. The quantitative estimate of drug-likeness (QED) is 0.554. The van der Waals surface area contributed by atoms with Crippen LogP contribution < -0.4 is 5.32 Å². The SMILES string of the molecule is CON(C)S(=O)(=O)c1cccc(C(=O)OCC(=O)N[C@@H]2CCCC[C@H]2C)c1. The van der Waals surface area contributed by atoms with E-state index in [0.29, 0.717) is 10.4 Å². The van der Waals surface area contributed by atoms with E-state index in [0.717, 1.165) is 19.3 Å². The second kappa shape index (κ2) is 9.29. The zero-order chi connectivity index (χ0) is 20.0.